The molecular formula is C20H29ClO5. The summed E-state index contributed by atoms with van der Waals surface area (Å²) in [6.07, 6.45) is -0.293. The van der Waals surface area contributed by atoms with Gasteiger partial charge in [0.05, 0.1) is 12.2 Å². The predicted octanol–water partition coefficient (Wildman–Crippen LogP) is 2.63. The smallest absolute Gasteiger partial charge is 0.113 e. The number of aliphatic hydroxyl groups is 3. The number of benzene rings is 1. The second-order valence-corrected chi connectivity index (χ2v) is 7.95. The molecule has 0 spiro atoms. The number of rotatable bonds is 5. The molecule has 1 aromatic carbocycles. The second-order valence-electron chi connectivity index (χ2n) is 7.54. The van der Waals surface area contributed by atoms with Crippen LogP contribution in [0.1, 0.15) is 50.3 Å². The van der Waals surface area contributed by atoms with Crippen molar-refractivity contribution in [2.75, 3.05) is 6.61 Å². The minimum atomic E-state index is -1.23. The molecule has 1 aromatic rings. The Morgan fingerprint density at radius 2 is 1.92 bits per heavy atom. The van der Waals surface area contributed by atoms with Crippen molar-refractivity contribution in [1.29, 1.82) is 0 Å². The number of hydrogen-bond acceptors (Lipinski definition) is 5. The van der Waals surface area contributed by atoms with E-state index in [0.29, 0.717) is 17.0 Å². The van der Waals surface area contributed by atoms with Crippen molar-refractivity contribution in [3.63, 3.8) is 0 Å². The molecule has 1 heterocycles. The average molecular weight is 385 g/mol. The van der Waals surface area contributed by atoms with E-state index < -0.39 is 30.5 Å². The molecule has 7 atom stereocenters. The summed E-state index contributed by atoms with van der Waals surface area (Å²) in [7, 11) is 0. The van der Waals surface area contributed by atoms with Crippen molar-refractivity contribution in [2.45, 2.75) is 76.2 Å². The molecule has 146 valence electrons. The first-order chi connectivity index (χ1) is 12.4. The van der Waals surface area contributed by atoms with Crippen LogP contribution in [0.25, 0.3) is 0 Å². The van der Waals surface area contributed by atoms with E-state index in [1.807, 2.05) is 25.1 Å². The third-order valence-electron chi connectivity index (χ3n) is 5.65. The van der Waals surface area contributed by atoms with E-state index in [2.05, 4.69) is 0 Å². The highest BCUT2D eigenvalue weighted by Crippen LogP contribution is 2.36. The monoisotopic (exact) mass is 384 g/mol. The van der Waals surface area contributed by atoms with Crippen LogP contribution in [0.2, 0.25) is 5.02 Å². The summed E-state index contributed by atoms with van der Waals surface area (Å²) in [6, 6.07) is 5.59. The van der Waals surface area contributed by atoms with Gasteiger partial charge in [0.25, 0.3) is 0 Å². The summed E-state index contributed by atoms with van der Waals surface area (Å²) in [5.41, 5.74) is 1.80. The maximum atomic E-state index is 10.3. The lowest BCUT2D eigenvalue weighted by molar-refractivity contribution is -0.219. The van der Waals surface area contributed by atoms with E-state index >= 15 is 0 Å². The van der Waals surface area contributed by atoms with Gasteiger partial charge in [-0.1, -0.05) is 23.7 Å². The summed E-state index contributed by atoms with van der Waals surface area (Å²) < 4.78 is 11.5. The van der Waals surface area contributed by atoms with E-state index in [9.17, 15) is 15.3 Å². The van der Waals surface area contributed by atoms with Gasteiger partial charge in [0.2, 0.25) is 0 Å². The molecule has 3 rings (SSSR count). The molecule has 1 saturated carbocycles. The third-order valence-corrected chi connectivity index (χ3v) is 6.02. The van der Waals surface area contributed by atoms with Gasteiger partial charge in [-0.15, -0.1) is 0 Å². The van der Waals surface area contributed by atoms with Crippen LogP contribution in [0.15, 0.2) is 18.2 Å². The quantitative estimate of drug-likeness (QED) is 0.727. The summed E-state index contributed by atoms with van der Waals surface area (Å²) in [6.45, 7) is 4.46. The van der Waals surface area contributed by atoms with Crippen LogP contribution >= 0.6 is 11.6 Å². The Labute approximate surface area is 159 Å². The van der Waals surface area contributed by atoms with Crippen LogP contribution in [0.5, 0.6) is 0 Å². The molecule has 2 unspecified atom stereocenters. The van der Waals surface area contributed by atoms with Gasteiger partial charge in [-0.05, 0) is 62.6 Å². The molecule has 0 bridgehead atoms. The number of ether oxygens (including phenoxy) is 2. The zero-order valence-electron chi connectivity index (χ0n) is 15.3. The van der Waals surface area contributed by atoms with Crippen LogP contribution in [0.3, 0.4) is 0 Å². The Bertz CT molecular complexity index is 610. The zero-order valence-corrected chi connectivity index (χ0v) is 16.1. The van der Waals surface area contributed by atoms with E-state index in [-0.39, 0.29) is 0 Å². The van der Waals surface area contributed by atoms with Crippen molar-refractivity contribution in [1.82, 2.24) is 0 Å². The predicted molar refractivity (Wildman–Crippen MR) is 99.2 cm³/mol. The van der Waals surface area contributed by atoms with Crippen LogP contribution in [0.4, 0.5) is 0 Å². The van der Waals surface area contributed by atoms with Gasteiger partial charge in [0.1, 0.15) is 24.4 Å². The van der Waals surface area contributed by atoms with Crippen molar-refractivity contribution >= 4 is 11.6 Å². The molecule has 0 amide bonds. The van der Waals surface area contributed by atoms with Crippen molar-refractivity contribution in [2.24, 2.45) is 5.92 Å². The Kier molecular flexibility index (Phi) is 6.59. The normalized spacial score (nSPS) is 37.8. The van der Waals surface area contributed by atoms with Gasteiger partial charge in [-0.2, -0.15) is 0 Å². The average Bonchev–Trinajstić information content (AvgIpc) is 3.06. The number of hydrogen-bond donors (Lipinski definition) is 3. The molecule has 1 aliphatic heterocycles. The molecule has 0 radical (unpaired) electrons. The highest BCUT2D eigenvalue weighted by atomic mass is 35.5. The van der Waals surface area contributed by atoms with Gasteiger partial charge in [-0.25, -0.2) is 0 Å². The molecule has 5 nitrogen and oxygen atoms in total. The Morgan fingerprint density at radius 3 is 2.65 bits per heavy atom. The maximum absolute atomic E-state index is 10.3. The van der Waals surface area contributed by atoms with E-state index in [4.69, 9.17) is 21.1 Å². The van der Waals surface area contributed by atoms with Crippen molar-refractivity contribution in [3.8, 4) is 0 Å². The highest BCUT2D eigenvalue weighted by molar-refractivity contribution is 6.31. The minimum absolute atomic E-state index is 0.341. The Balaban J connectivity index is 1.73. The summed E-state index contributed by atoms with van der Waals surface area (Å²) >= 11 is 6.40. The van der Waals surface area contributed by atoms with Crippen LogP contribution in [0, 0.1) is 5.92 Å². The number of aliphatic hydroxyl groups excluding tert-OH is 3. The lowest BCUT2D eigenvalue weighted by atomic mass is 9.89. The van der Waals surface area contributed by atoms with Crippen molar-refractivity contribution < 1.29 is 24.8 Å². The molecule has 1 aliphatic carbocycles. The van der Waals surface area contributed by atoms with E-state index in [1.165, 1.54) is 0 Å². The Morgan fingerprint density at radius 1 is 1.15 bits per heavy atom. The highest BCUT2D eigenvalue weighted by Gasteiger charge is 2.42. The first-order valence-corrected chi connectivity index (χ1v) is 9.88. The summed E-state index contributed by atoms with van der Waals surface area (Å²) in [5, 5.41) is 31.0. The SMILES string of the molecule is CCOC1CCC(Cc2cc([C@@H]3O[C@H](C)[C@@H](O)[C@H](O)[C@H]3O)ccc2Cl)C1. The summed E-state index contributed by atoms with van der Waals surface area (Å²) in [4.78, 5) is 0. The molecule has 6 heteroatoms. The molecule has 26 heavy (non-hydrogen) atoms. The minimum Gasteiger partial charge on any atom is -0.388 e. The molecule has 3 N–H and O–H groups in total. The first-order valence-electron chi connectivity index (χ1n) is 9.50. The van der Waals surface area contributed by atoms with Gasteiger partial charge >= 0.3 is 0 Å². The molecule has 2 aliphatic rings. The van der Waals surface area contributed by atoms with Crippen LogP contribution in [-0.2, 0) is 15.9 Å². The van der Waals surface area contributed by atoms with Gasteiger partial charge < -0.3 is 24.8 Å². The Hall–Kier alpha value is -0.690. The molecular weight excluding hydrogens is 356 g/mol. The lowest BCUT2D eigenvalue weighted by Crippen LogP contribution is -2.53. The van der Waals surface area contributed by atoms with Gasteiger partial charge in [-0.3, -0.25) is 0 Å². The fourth-order valence-corrected chi connectivity index (χ4v) is 4.36. The standard InChI is InChI=1S/C20H29ClO5/c1-3-25-15-6-4-12(9-15)8-14-10-13(5-7-16(14)21)20-19(24)18(23)17(22)11(2)26-20/h5,7,10-12,15,17-20,22-24H,3-4,6,8-9H2,1-2H3/t11-,12?,15?,17-,18+,19-,20+/m1/s1. The molecule has 2 fully saturated rings. The van der Waals surface area contributed by atoms with E-state index in [1.54, 1.807) is 6.92 Å². The first kappa shape index (κ1) is 20.1. The molecule has 0 aromatic heterocycles. The topological polar surface area (TPSA) is 79.2 Å². The molecule has 1 saturated heterocycles. The van der Waals surface area contributed by atoms with Crippen molar-refractivity contribution in [3.05, 3.63) is 34.3 Å². The zero-order chi connectivity index (χ0) is 18.8. The van der Waals surface area contributed by atoms with Gasteiger partial charge in [0.15, 0.2) is 0 Å². The third kappa shape index (κ3) is 4.24. The van der Waals surface area contributed by atoms with Gasteiger partial charge in [0, 0.05) is 11.6 Å². The summed E-state index contributed by atoms with van der Waals surface area (Å²) in [5.74, 6) is 0.530. The largest absolute Gasteiger partial charge is 0.388 e. The van der Waals surface area contributed by atoms with E-state index in [0.717, 1.165) is 43.4 Å². The second kappa shape index (κ2) is 8.55. The fraction of sp³-hybridized carbons (Fsp3) is 0.700. The van der Waals surface area contributed by atoms with Crippen LogP contribution < -0.4 is 0 Å². The fourth-order valence-electron chi connectivity index (χ4n) is 4.17. The number of halogens is 1. The maximum Gasteiger partial charge on any atom is 0.113 e. The van der Waals surface area contributed by atoms with Crippen LogP contribution in [-0.4, -0.2) is 52.4 Å². The lowest BCUT2D eigenvalue weighted by Gasteiger charge is -2.39.